The molecule has 7 heteroatoms. The summed E-state index contributed by atoms with van der Waals surface area (Å²) in [5.41, 5.74) is 1.03. The Balaban J connectivity index is 3.36. The number of anilines is 1. The number of sulfonamides is 1. The highest BCUT2D eigenvalue weighted by Crippen LogP contribution is 2.26. The van der Waals surface area contributed by atoms with Gasteiger partial charge in [0.05, 0.1) is 11.9 Å². The van der Waals surface area contributed by atoms with E-state index in [1.807, 2.05) is 0 Å². The lowest BCUT2D eigenvalue weighted by Crippen LogP contribution is -2.42. The van der Waals surface area contributed by atoms with Crippen molar-refractivity contribution in [2.24, 2.45) is 0 Å². The summed E-state index contributed by atoms with van der Waals surface area (Å²) in [5, 5.41) is 9.35. The molecule has 0 fully saturated rings. The van der Waals surface area contributed by atoms with E-state index in [1.165, 1.54) is 19.1 Å². The zero-order valence-electron chi connectivity index (χ0n) is 10.2. The molecule has 0 amide bonds. The molecule has 0 aliphatic carbocycles. The molecular formula is C11H14ClNO4S. The molecule has 1 atom stereocenters. The summed E-state index contributed by atoms with van der Waals surface area (Å²) in [6.45, 7) is 3.08. The summed E-state index contributed by atoms with van der Waals surface area (Å²) >= 11 is 5.92. The summed E-state index contributed by atoms with van der Waals surface area (Å²) < 4.78 is 24.2. The van der Waals surface area contributed by atoms with E-state index in [2.05, 4.69) is 0 Å². The fourth-order valence-electron chi connectivity index (χ4n) is 1.52. The maximum Gasteiger partial charge on any atom is 0.327 e. The van der Waals surface area contributed by atoms with Gasteiger partial charge in [-0.3, -0.25) is 4.31 Å². The highest BCUT2D eigenvalue weighted by Gasteiger charge is 2.28. The Morgan fingerprint density at radius 3 is 2.39 bits per heavy atom. The van der Waals surface area contributed by atoms with Crippen molar-refractivity contribution in [2.45, 2.75) is 19.9 Å². The molecule has 1 rings (SSSR count). The van der Waals surface area contributed by atoms with Gasteiger partial charge >= 0.3 is 5.97 Å². The number of rotatable bonds is 4. The molecule has 0 radical (unpaired) electrons. The number of benzene rings is 1. The number of carboxylic acids is 1. The number of carboxylic acid groups (broad SMARTS) is 1. The predicted octanol–water partition coefficient (Wildman–Crippen LogP) is 1.89. The number of hydrogen-bond donors (Lipinski definition) is 1. The fraction of sp³-hybridized carbons (Fsp3) is 0.364. The summed E-state index contributed by atoms with van der Waals surface area (Å²) in [7, 11) is -3.70. The van der Waals surface area contributed by atoms with Crippen LogP contribution in [0, 0.1) is 6.92 Å². The van der Waals surface area contributed by atoms with Gasteiger partial charge in [0, 0.05) is 5.02 Å². The first kappa shape index (κ1) is 14.8. The molecular weight excluding hydrogens is 278 g/mol. The highest BCUT2D eigenvalue weighted by molar-refractivity contribution is 7.92. The number of aryl methyl sites for hydroxylation is 1. The Morgan fingerprint density at radius 1 is 1.44 bits per heavy atom. The maximum atomic E-state index is 11.7. The lowest BCUT2D eigenvalue weighted by atomic mass is 10.2. The topological polar surface area (TPSA) is 74.7 Å². The minimum atomic E-state index is -3.70. The lowest BCUT2D eigenvalue weighted by Gasteiger charge is -2.26. The van der Waals surface area contributed by atoms with Gasteiger partial charge in [-0.25, -0.2) is 13.2 Å². The Labute approximate surface area is 111 Å². The monoisotopic (exact) mass is 291 g/mol. The molecule has 5 nitrogen and oxygen atoms in total. The van der Waals surface area contributed by atoms with E-state index in [9.17, 15) is 13.2 Å². The van der Waals surface area contributed by atoms with Gasteiger partial charge in [0.15, 0.2) is 0 Å². The molecule has 0 heterocycles. The Morgan fingerprint density at radius 2 is 2.00 bits per heavy atom. The van der Waals surface area contributed by atoms with Gasteiger partial charge in [-0.1, -0.05) is 17.7 Å². The Bertz CT molecular complexity index is 570. The second kappa shape index (κ2) is 5.16. The fourth-order valence-corrected chi connectivity index (χ4v) is 2.86. The van der Waals surface area contributed by atoms with Crippen LogP contribution in [0.3, 0.4) is 0 Å². The van der Waals surface area contributed by atoms with E-state index in [1.54, 1.807) is 13.0 Å². The first-order chi connectivity index (χ1) is 8.14. The van der Waals surface area contributed by atoms with Crippen LogP contribution in [0.4, 0.5) is 5.69 Å². The third-order valence-corrected chi connectivity index (χ3v) is 4.13. The molecule has 0 saturated carbocycles. The number of nitrogens with zero attached hydrogens (tertiary/aromatic N) is 1. The number of hydrogen-bond acceptors (Lipinski definition) is 3. The smallest absolute Gasteiger partial charge is 0.327 e. The van der Waals surface area contributed by atoms with Crippen LogP contribution in [0.25, 0.3) is 0 Å². The van der Waals surface area contributed by atoms with E-state index in [-0.39, 0.29) is 5.69 Å². The van der Waals surface area contributed by atoms with E-state index in [0.29, 0.717) is 5.02 Å². The van der Waals surface area contributed by atoms with E-state index < -0.39 is 22.0 Å². The van der Waals surface area contributed by atoms with Crippen LogP contribution in [0.2, 0.25) is 5.02 Å². The van der Waals surface area contributed by atoms with Crippen molar-refractivity contribution in [1.29, 1.82) is 0 Å². The van der Waals surface area contributed by atoms with Gasteiger partial charge in [-0.15, -0.1) is 0 Å². The molecule has 1 unspecified atom stereocenters. The van der Waals surface area contributed by atoms with Crippen molar-refractivity contribution in [2.75, 3.05) is 10.6 Å². The Kier molecular flexibility index (Phi) is 4.24. The van der Waals surface area contributed by atoms with Crippen LogP contribution < -0.4 is 4.31 Å². The molecule has 18 heavy (non-hydrogen) atoms. The molecule has 0 aliphatic heterocycles. The van der Waals surface area contributed by atoms with Crippen LogP contribution >= 0.6 is 11.6 Å². The molecule has 0 saturated heterocycles. The zero-order chi connectivity index (χ0) is 14.1. The molecule has 100 valence electrons. The average Bonchev–Trinajstić information content (AvgIpc) is 2.21. The van der Waals surface area contributed by atoms with Crippen molar-refractivity contribution < 1.29 is 18.3 Å². The van der Waals surface area contributed by atoms with Crippen LogP contribution in [0.1, 0.15) is 12.5 Å². The second-order valence-corrected chi connectivity index (χ2v) is 6.27. The van der Waals surface area contributed by atoms with Crippen molar-refractivity contribution in [3.05, 3.63) is 28.8 Å². The van der Waals surface area contributed by atoms with Gasteiger partial charge in [0.1, 0.15) is 6.04 Å². The molecule has 0 aliphatic rings. The van der Waals surface area contributed by atoms with Crippen molar-refractivity contribution in [3.8, 4) is 0 Å². The van der Waals surface area contributed by atoms with E-state index in [0.717, 1.165) is 16.1 Å². The van der Waals surface area contributed by atoms with Gasteiger partial charge in [0.2, 0.25) is 10.0 Å². The standard InChI is InChI=1S/C11H14ClNO4S/c1-7-4-5-9(6-10(7)12)13(18(3,16)17)8(2)11(14)15/h4-6,8H,1-3H3,(H,14,15). The van der Waals surface area contributed by atoms with Crippen molar-refractivity contribution in [3.63, 3.8) is 0 Å². The van der Waals surface area contributed by atoms with Gasteiger partial charge in [0.25, 0.3) is 0 Å². The van der Waals surface area contributed by atoms with Gasteiger partial charge in [-0.2, -0.15) is 0 Å². The van der Waals surface area contributed by atoms with Crippen LogP contribution in [0.5, 0.6) is 0 Å². The van der Waals surface area contributed by atoms with Gasteiger partial charge < -0.3 is 5.11 Å². The van der Waals surface area contributed by atoms with Crippen LogP contribution in [0.15, 0.2) is 18.2 Å². The summed E-state index contributed by atoms with van der Waals surface area (Å²) in [6, 6.07) is 3.42. The van der Waals surface area contributed by atoms with Crippen LogP contribution in [-0.4, -0.2) is 31.8 Å². The molecule has 0 spiro atoms. The van der Waals surface area contributed by atoms with Crippen molar-refractivity contribution >= 4 is 33.3 Å². The van der Waals surface area contributed by atoms with E-state index in [4.69, 9.17) is 16.7 Å². The Hall–Kier alpha value is -1.27. The number of aliphatic carboxylic acids is 1. The number of carbonyl (C=O) groups is 1. The molecule has 1 N–H and O–H groups in total. The summed E-state index contributed by atoms with van der Waals surface area (Å²) in [4.78, 5) is 11.0. The van der Waals surface area contributed by atoms with Crippen molar-refractivity contribution in [1.82, 2.24) is 0 Å². The lowest BCUT2D eigenvalue weighted by molar-refractivity contribution is -0.137. The SMILES string of the molecule is Cc1ccc(N(C(C)C(=O)O)S(C)(=O)=O)cc1Cl. The molecule has 0 bridgehead atoms. The third-order valence-electron chi connectivity index (χ3n) is 2.48. The minimum Gasteiger partial charge on any atom is -0.480 e. The van der Waals surface area contributed by atoms with Gasteiger partial charge in [-0.05, 0) is 31.5 Å². The first-order valence-electron chi connectivity index (χ1n) is 5.13. The van der Waals surface area contributed by atoms with Crippen LogP contribution in [-0.2, 0) is 14.8 Å². The van der Waals surface area contributed by atoms with E-state index >= 15 is 0 Å². The second-order valence-electron chi connectivity index (χ2n) is 4.01. The average molecular weight is 292 g/mol. The predicted molar refractivity (Wildman–Crippen MR) is 70.6 cm³/mol. The quantitative estimate of drug-likeness (QED) is 0.919. The summed E-state index contributed by atoms with van der Waals surface area (Å²) in [6.07, 6.45) is 0.959. The normalized spacial score (nSPS) is 13.1. The maximum absolute atomic E-state index is 11.7. The number of halogens is 1. The zero-order valence-corrected chi connectivity index (χ0v) is 11.8. The minimum absolute atomic E-state index is 0.239. The summed E-state index contributed by atoms with van der Waals surface area (Å²) in [5.74, 6) is -1.22. The third kappa shape index (κ3) is 3.14. The largest absolute Gasteiger partial charge is 0.480 e. The first-order valence-corrected chi connectivity index (χ1v) is 7.35. The molecule has 1 aromatic rings. The molecule has 1 aromatic carbocycles. The highest BCUT2D eigenvalue weighted by atomic mass is 35.5. The molecule has 0 aromatic heterocycles.